The summed E-state index contributed by atoms with van der Waals surface area (Å²) in [6.45, 7) is 0. The number of benzene rings is 1. The second-order valence-corrected chi connectivity index (χ2v) is 4.49. The van der Waals surface area contributed by atoms with Crippen molar-refractivity contribution in [1.29, 1.82) is 0 Å². The van der Waals surface area contributed by atoms with Crippen molar-refractivity contribution in [2.45, 2.75) is 18.4 Å². The van der Waals surface area contributed by atoms with Gasteiger partial charge in [-0.2, -0.15) is 0 Å². The predicted molar refractivity (Wildman–Crippen MR) is 57.5 cm³/mol. The lowest BCUT2D eigenvalue weighted by atomic mass is 10.0. The maximum absolute atomic E-state index is 9.61. The minimum absolute atomic E-state index is 0.141. The molecule has 0 bridgehead atoms. The Kier molecular flexibility index (Phi) is 2.20. The molecule has 14 heavy (non-hydrogen) atoms. The number of methoxy groups -OCH3 is 1. The molecule has 1 aromatic rings. The topological polar surface area (TPSA) is 55.5 Å². The molecule has 2 rings (SSSR count). The normalized spacial score (nSPS) is 17.9. The van der Waals surface area contributed by atoms with Gasteiger partial charge >= 0.3 is 0 Å². The molecule has 0 heterocycles. The summed E-state index contributed by atoms with van der Waals surface area (Å²) in [6, 6.07) is 3.39. The molecule has 1 saturated carbocycles. The molecule has 0 atom stereocenters. The fourth-order valence-electron chi connectivity index (χ4n) is 1.60. The Morgan fingerprint density at radius 1 is 1.50 bits per heavy atom. The van der Waals surface area contributed by atoms with E-state index >= 15 is 0 Å². The van der Waals surface area contributed by atoms with Crippen LogP contribution in [0.25, 0.3) is 0 Å². The number of hydrogen-bond donors (Lipinski definition) is 2. The molecule has 1 aromatic carbocycles. The van der Waals surface area contributed by atoms with Gasteiger partial charge in [-0.05, 0) is 25.0 Å². The molecule has 0 saturated heterocycles. The van der Waals surface area contributed by atoms with E-state index < -0.39 is 0 Å². The zero-order valence-electron chi connectivity index (χ0n) is 7.88. The van der Waals surface area contributed by atoms with Gasteiger partial charge in [-0.25, -0.2) is 0 Å². The molecular formula is C10H12BrNO2. The van der Waals surface area contributed by atoms with Crippen LogP contribution < -0.4 is 10.5 Å². The average molecular weight is 258 g/mol. The molecule has 0 aliphatic heterocycles. The van der Waals surface area contributed by atoms with Crippen LogP contribution in [-0.2, 0) is 5.54 Å². The van der Waals surface area contributed by atoms with Crippen molar-refractivity contribution < 1.29 is 9.84 Å². The average Bonchev–Trinajstić information content (AvgIpc) is 2.88. The summed E-state index contributed by atoms with van der Waals surface area (Å²) in [7, 11) is 1.54. The number of aromatic hydroxyl groups is 1. The van der Waals surface area contributed by atoms with Crippen LogP contribution in [-0.4, -0.2) is 12.2 Å². The number of hydrogen-bond acceptors (Lipinski definition) is 3. The molecule has 1 aliphatic rings. The molecule has 1 fully saturated rings. The summed E-state index contributed by atoms with van der Waals surface area (Å²) in [6.07, 6.45) is 1.87. The molecule has 0 amide bonds. The van der Waals surface area contributed by atoms with Crippen molar-refractivity contribution in [3.63, 3.8) is 0 Å². The van der Waals surface area contributed by atoms with E-state index in [1.54, 1.807) is 12.1 Å². The highest BCUT2D eigenvalue weighted by Gasteiger charge is 2.44. The lowest BCUT2D eigenvalue weighted by Gasteiger charge is -2.17. The van der Waals surface area contributed by atoms with Gasteiger partial charge in [0, 0.05) is 15.6 Å². The van der Waals surface area contributed by atoms with E-state index in [4.69, 9.17) is 10.5 Å². The molecule has 76 valence electrons. The second kappa shape index (κ2) is 3.14. The van der Waals surface area contributed by atoms with Crippen LogP contribution in [0.5, 0.6) is 11.5 Å². The van der Waals surface area contributed by atoms with Gasteiger partial charge in [0.25, 0.3) is 0 Å². The Hall–Kier alpha value is -0.740. The summed E-state index contributed by atoms with van der Waals surface area (Å²) in [5, 5.41) is 9.61. The number of nitrogens with two attached hydrogens (primary N) is 1. The number of rotatable bonds is 2. The van der Waals surface area contributed by atoms with Crippen LogP contribution in [0.3, 0.4) is 0 Å². The van der Waals surface area contributed by atoms with Gasteiger partial charge in [-0.15, -0.1) is 0 Å². The van der Waals surface area contributed by atoms with Gasteiger partial charge in [0.1, 0.15) is 0 Å². The first-order valence-electron chi connectivity index (χ1n) is 4.43. The molecule has 0 spiro atoms. The van der Waals surface area contributed by atoms with E-state index in [1.165, 1.54) is 7.11 Å². The van der Waals surface area contributed by atoms with Gasteiger partial charge in [0.2, 0.25) is 0 Å². The SMILES string of the molecule is COc1c(O)ccc(Br)c1C1(N)CC1. The minimum Gasteiger partial charge on any atom is -0.504 e. The lowest BCUT2D eigenvalue weighted by Crippen LogP contribution is -2.20. The quantitative estimate of drug-likeness (QED) is 0.854. The lowest BCUT2D eigenvalue weighted by molar-refractivity contribution is 0.364. The fourth-order valence-corrected chi connectivity index (χ4v) is 2.31. The third kappa shape index (κ3) is 1.38. The summed E-state index contributed by atoms with van der Waals surface area (Å²) >= 11 is 3.43. The number of phenolic OH excluding ortho intramolecular Hbond substituents is 1. The van der Waals surface area contributed by atoms with Gasteiger partial charge in [-0.3, -0.25) is 0 Å². The summed E-state index contributed by atoms with van der Waals surface area (Å²) < 4.78 is 6.06. The molecule has 0 aromatic heterocycles. The largest absolute Gasteiger partial charge is 0.504 e. The van der Waals surface area contributed by atoms with E-state index in [2.05, 4.69) is 15.9 Å². The zero-order valence-corrected chi connectivity index (χ0v) is 9.47. The fraction of sp³-hybridized carbons (Fsp3) is 0.400. The monoisotopic (exact) mass is 257 g/mol. The first kappa shape index (κ1) is 9.80. The van der Waals surface area contributed by atoms with Crippen LogP contribution in [0.1, 0.15) is 18.4 Å². The maximum atomic E-state index is 9.61. The van der Waals surface area contributed by atoms with Crippen molar-refractivity contribution in [3.8, 4) is 11.5 Å². The molecule has 3 N–H and O–H groups in total. The molecule has 0 unspecified atom stereocenters. The van der Waals surface area contributed by atoms with Gasteiger partial charge < -0.3 is 15.6 Å². The summed E-state index contributed by atoms with van der Waals surface area (Å²) in [5.41, 5.74) is 6.65. The van der Waals surface area contributed by atoms with E-state index in [0.717, 1.165) is 22.9 Å². The maximum Gasteiger partial charge on any atom is 0.166 e. The first-order chi connectivity index (χ1) is 6.58. The number of phenols is 1. The van der Waals surface area contributed by atoms with Crippen molar-refractivity contribution in [2.24, 2.45) is 5.73 Å². The number of halogens is 1. The minimum atomic E-state index is -0.317. The smallest absolute Gasteiger partial charge is 0.166 e. The Morgan fingerprint density at radius 2 is 2.14 bits per heavy atom. The summed E-state index contributed by atoms with van der Waals surface area (Å²) in [4.78, 5) is 0. The van der Waals surface area contributed by atoms with Crippen molar-refractivity contribution >= 4 is 15.9 Å². The van der Waals surface area contributed by atoms with Gasteiger partial charge in [-0.1, -0.05) is 15.9 Å². The zero-order chi connectivity index (χ0) is 10.3. The third-order valence-corrected chi connectivity index (χ3v) is 3.24. The molecule has 3 nitrogen and oxygen atoms in total. The standard InChI is InChI=1S/C10H12BrNO2/c1-14-9-7(13)3-2-6(11)8(9)10(12)4-5-10/h2-3,13H,4-5,12H2,1H3. The van der Waals surface area contributed by atoms with E-state index in [0.29, 0.717) is 5.75 Å². The highest BCUT2D eigenvalue weighted by Crippen LogP contribution is 2.51. The predicted octanol–water partition coefficient (Wildman–Crippen LogP) is 2.11. The van der Waals surface area contributed by atoms with Crippen molar-refractivity contribution in [1.82, 2.24) is 0 Å². The van der Waals surface area contributed by atoms with Gasteiger partial charge in [0.05, 0.1) is 7.11 Å². The molecule has 4 heteroatoms. The second-order valence-electron chi connectivity index (χ2n) is 3.63. The highest BCUT2D eigenvalue weighted by atomic mass is 79.9. The Balaban J connectivity index is 2.60. The van der Waals surface area contributed by atoms with Crippen molar-refractivity contribution in [2.75, 3.05) is 7.11 Å². The first-order valence-corrected chi connectivity index (χ1v) is 5.22. The van der Waals surface area contributed by atoms with Crippen LogP contribution in [0.4, 0.5) is 0 Å². The highest BCUT2D eigenvalue weighted by molar-refractivity contribution is 9.10. The van der Waals surface area contributed by atoms with E-state index in [-0.39, 0.29) is 11.3 Å². The molecule has 1 aliphatic carbocycles. The van der Waals surface area contributed by atoms with Crippen LogP contribution in [0.2, 0.25) is 0 Å². The molecule has 0 radical (unpaired) electrons. The van der Waals surface area contributed by atoms with Crippen LogP contribution in [0.15, 0.2) is 16.6 Å². The number of ether oxygens (including phenoxy) is 1. The van der Waals surface area contributed by atoms with E-state index in [9.17, 15) is 5.11 Å². The van der Waals surface area contributed by atoms with Gasteiger partial charge in [0.15, 0.2) is 11.5 Å². The molecular weight excluding hydrogens is 246 g/mol. The van der Waals surface area contributed by atoms with Crippen LogP contribution in [0, 0.1) is 0 Å². The van der Waals surface area contributed by atoms with Crippen LogP contribution >= 0.6 is 15.9 Å². The summed E-state index contributed by atoms with van der Waals surface area (Å²) in [5.74, 6) is 0.627. The third-order valence-electron chi connectivity index (χ3n) is 2.58. The Morgan fingerprint density at radius 3 is 2.64 bits per heavy atom. The van der Waals surface area contributed by atoms with E-state index in [1.807, 2.05) is 0 Å². The Bertz CT molecular complexity index is 375. The van der Waals surface area contributed by atoms with Crippen molar-refractivity contribution in [3.05, 3.63) is 22.2 Å². The Labute approximate surface area is 91.0 Å².